The number of phenolic OH excluding ortho intramolecular Hbond substituents is 1. The van der Waals surface area contributed by atoms with Crippen LogP contribution in [-0.2, 0) is 10.1 Å². The first kappa shape index (κ1) is 17.7. The second-order valence-electron chi connectivity index (χ2n) is 5.81. The van der Waals surface area contributed by atoms with Crippen LogP contribution >= 0.6 is 0 Å². The number of hydrogen-bond donors (Lipinski definition) is 4. The van der Waals surface area contributed by atoms with Crippen molar-refractivity contribution in [2.45, 2.75) is 11.8 Å². The fourth-order valence-corrected chi connectivity index (χ4v) is 3.21. The number of anilines is 2. The summed E-state index contributed by atoms with van der Waals surface area (Å²) in [7, 11) is -4.56. The molecule has 134 valence electrons. The number of benzene rings is 3. The molecule has 8 heteroatoms. The number of nitrogen functional groups attached to an aromatic ring is 1. The molecule has 0 saturated carbocycles. The van der Waals surface area contributed by atoms with E-state index in [2.05, 4.69) is 5.32 Å². The lowest BCUT2D eigenvalue weighted by atomic mass is 10.1. The van der Waals surface area contributed by atoms with Gasteiger partial charge in [-0.3, -0.25) is 9.35 Å². The minimum absolute atomic E-state index is 0.182. The van der Waals surface area contributed by atoms with Crippen molar-refractivity contribution in [2.75, 3.05) is 11.1 Å². The molecule has 0 bridgehead atoms. The van der Waals surface area contributed by atoms with Crippen LogP contribution in [0.3, 0.4) is 0 Å². The van der Waals surface area contributed by atoms with Crippen molar-refractivity contribution in [1.82, 2.24) is 0 Å². The van der Waals surface area contributed by atoms with Crippen molar-refractivity contribution in [3.05, 3.63) is 59.7 Å². The highest BCUT2D eigenvalue weighted by Crippen LogP contribution is 2.35. The zero-order valence-electron chi connectivity index (χ0n) is 13.7. The number of rotatable bonds is 3. The van der Waals surface area contributed by atoms with Gasteiger partial charge in [0.2, 0.25) is 0 Å². The van der Waals surface area contributed by atoms with Gasteiger partial charge < -0.3 is 16.2 Å². The Bertz CT molecular complexity index is 1140. The van der Waals surface area contributed by atoms with E-state index in [1.807, 2.05) is 6.92 Å². The fraction of sp³-hybridized carbons (Fsp3) is 0.0556. The van der Waals surface area contributed by atoms with E-state index in [1.165, 1.54) is 12.1 Å². The third-order valence-electron chi connectivity index (χ3n) is 4.06. The van der Waals surface area contributed by atoms with Gasteiger partial charge in [0.05, 0.1) is 0 Å². The molecule has 3 aromatic rings. The molecule has 26 heavy (non-hydrogen) atoms. The van der Waals surface area contributed by atoms with Crippen LogP contribution in [0.25, 0.3) is 10.8 Å². The molecule has 0 unspecified atom stereocenters. The maximum absolute atomic E-state index is 12.5. The van der Waals surface area contributed by atoms with Crippen LogP contribution in [0.1, 0.15) is 15.9 Å². The first-order chi connectivity index (χ1) is 12.2. The highest BCUT2D eigenvalue weighted by atomic mass is 32.2. The molecule has 0 atom stereocenters. The molecule has 0 aliphatic rings. The summed E-state index contributed by atoms with van der Waals surface area (Å²) in [4.78, 5) is 11.9. The first-order valence-corrected chi connectivity index (χ1v) is 9.02. The van der Waals surface area contributed by atoms with Gasteiger partial charge in [0.25, 0.3) is 16.0 Å². The number of fused-ring (bicyclic) bond motifs is 1. The molecule has 0 aromatic heterocycles. The van der Waals surface area contributed by atoms with Gasteiger partial charge in [-0.05, 0) is 36.8 Å². The maximum Gasteiger partial charge on any atom is 0.298 e. The van der Waals surface area contributed by atoms with Crippen LogP contribution in [0.5, 0.6) is 5.75 Å². The van der Waals surface area contributed by atoms with Crippen molar-refractivity contribution < 1.29 is 22.9 Å². The Morgan fingerprint density at radius 2 is 1.81 bits per heavy atom. The average molecular weight is 372 g/mol. The minimum atomic E-state index is -4.56. The first-order valence-electron chi connectivity index (χ1n) is 7.58. The van der Waals surface area contributed by atoms with Crippen LogP contribution in [0.2, 0.25) is 0 Å². The SMILES string of the molecule is Cc1ccc(C(=O)Nc2cccc3c(O)c(S(=O)(=O)O)ccc23)cc1N. The number of amides is 1. The molecule has 5 N–H and O–H groups in total. The molecule has 3 aromatic carbocycles. The Balaban J connectivity index is 2.04. The molecule has 1 amide bonds. The van der Waals surface area contributed by atoms with E-state index in [4.69, 9.17) is 5.73 Å². The Morgan fingerprint density at radius 3 is 2.46 bits per heavy atom. The van der Waals surface area contributed by atoms with E-state index in [9.17, 15) is 22.9 Å². The van der Waals surface area contributed by atoms with Gasteiger partial charge >= 0.3 is 0 Å². The number of nitrogens with two attached hydrogens (primary N) is 1. The molecule has 0 heterocycles. The molecular weight excluding hydrogens is 356 g/mol. The van der Waals surface area contributed by atoms with Crippen LogP contribution in [0, 0.1) is 6.92 Å². The molecule has 0 fully saturated rings. The highest BCUT2D eigenvalue weighted by molar-refractivity contribution is 7.86. The molecular formula is C18H16N2O5S. The van der Waals surface area contributed by atoms with Crippen LogP contribution < -0.4 is 11.1 Å². The average Bonchev–Trinajstić information content (AvgIpc) is 2.57. The largest absolute Gasteiger partial charge is 0.506 e. The smallest absolute Gasteiger partial charge is 0.298 e. The van der Waals surface area contributed by atoms with Gasteiger partial charge in [-0.1, -0.05) is 24.3 Å². The standard InChI is InChI=1S/C18H16N2O5S/c1-10-5-6-11(9-14(10)19)18(22)20-15-4-2-3-13-12(15)7-8-16(17(13)21)26(23,24)25/h2-9,21H,19H2,1H3,(H,20,22)(H,23,24,25). The number of hydrogen-bond acceptors (Lipinski definition) is 5. The summed E-state index contributed by atoms with van der Waals surface area (Å²) in [6, 6.07) is 12.1. The summed E-state index contributed by atoms with van der Waals surface area (Å²) in [5.74, 6) is -0.983. The van der Waals surface area contributed by atoms with Gasteiger partial charge in [0, 0.05) is 27.7 Å². The van der Waals surface area contributed by atoms with Gasteiger partial charge in [-0.15, -0.1) is 0 Å². The zero-order valence-corrected chi connectivity index (χ0v) is 14.5. The molecule has 0 aliphatic heterocycles. The van der Waals surface area contributed by atoms with E-state index < -0.39 is 26.7 Å². The highest BCUT2D eigenvalue weighted by Gasteiger charge is 2.19. The molecule has 0 spiro atoms. The number of aromatic hydroxyl groups is 1. The van der Waals surface area contributed by atoms with Crippen molar-refractivity contribution >= 4 is 38.2 Å². The Kier molecular flexibility index (Phi) is 4.31. The fourth-order valence-electron chi connectivity index (χ4n) is 2.62. The van der Waals surface area contributed by atoms with E-state index in [0.717, 1.165) is 11.6 Å². The summed E-state index contributed by atoms with van der Waals surface area (Å²) in [6.45, 7) is 1.83. The van der Waals surface area contributed by atoms with Crippen molar-refractivity contribution in [2.24, 2.45) is 0 Å². The number of nitrogens with one attached hydrogen (secondary N) is 1. The molecule has 0 saturated heterocycles. The topological polar surface area (TPSA) is 130 Å². The van der Waals surface area contributed by atoms with Crippen LogP contribution in [-0.4, -0.2) is 24.0 Å². The van der Waals surface area contributed by atoms with Crippen molar-refractivity contribution in [3.8, 4) is 5.75 Å². The number of carbonyl (C=O) groups excluding carboxylic acids is 1. The van der Waals surface area contributed by atoms with Gasteiger partial charge in [-0.25, -0.2) is 0 Å². The van der Waals surface area contributed by atoms with Gasteiger partial charge in [-0.2, -0.15) is 8.42 Å². The van der Waals surface area contributed by atoms with Gasteiger partial charge in [0.15, 0.2) is 0 Å². The minimum Gasteiger partial charge on any atom is -0.506 e. The second kappa shape index (κ2) is 6.32. The molecule has 3 rings (SSSR count). The predicted molar refractivity (Wildman–Crippen MR) is 99.0 cm³/mol. The van der Waals surface area contributed by atoms with E-state index in [1.54, 1.807) is 30.3 Å². The monoisotopic (exact) mass is 372 g/mol. The summed E-state index contributed by atoms with van der Waals surface area (Å²) >= 11 is 0. The lowest BCUT2D eigenvalue weighted by Gasteiger charge is -2.12. The quantitative estimate of drug-likeness (QED) is 0.413. The number of carbonyl (C=O) groups is 1. The zero-order chi connectivity index (χ0) is 19.1. The Hall–Kier alpha value is -3.10. The predicted octanol–water partition coefficient (Wildman–Crippen LogP) is 2.94. The van der Waals surface area contributed by atoms with Crippen LogP contribution in [0.15, 0.2) is 53.4 Å². The Labute approximate surface area is 149 Å². The lowest BCUT2D eigenvalue weighted by molar-refractivity contribution is 0.102. The van der Waals surface area contributed by atoms with E-state index >= 15 is 0 Å². The summed E-state index contributed by atoms with van der Waals surface area (Å²) in [6.07, 6.45) is 0. The number of phenols is 1. The lowest BCUT2D eigenvalue weighted by Crippen LogP contribution is -2.12. The van der Waals surface area contributed by atoms with E-state index in [-0.39, 0.29) is 5.39 Å². The second-order valence-corrected chi connectivity index (χ2v) is 7.20. The summed E-state index contributed by atoms with van der Waals surface area (Å²) < 4.78 is 31.8. The maximum atomic E-state index is 12.5. The summed E-state index contributed by atoms with van der Waals surface area (Å²) in [5.41, 5.74) is 7.92. The third kappa shape index (κ3) is 3.19. The summed E-state index contributed by atoms with van der Waals surface area (Å²) in [5, 5.41) is 13.5. The van der Waals surface area contributed by atoms with Crippen LogP contribution in [0.4, 0.5) is 11.4 Å². The molecule has 0 aliphatic carbocycles. The Morgan fingerprint density at radius 1 is 1.08 bits per heavy atom. The normalized spacial score (nSPS) is 11.5. The third-order valence-corrected chi connectivity index (χ3v) is 4.95. The molecule has 7 nitrogen and oxygen atoms in total. The number of aryl methyl sites for hydroxylation is 1. The van der Waals surface area contributed by atoms with E-state index in [0.29, 0.717) is 22.3 Å². The van der Waals surface area contributed by atoms with Crippen molar-refractivity contribution in [1.29, 1.82) is 0 Å². The van der Waals surface area contributed by atoms with Gasteiger partial charge in [0.1, 0.15) is 10.6 Å². The molecule has 0 radical (unpaired) electrons. The van der Waals surface area contributed by atoms with Crippen molar-refractivity contribution in [3.63, 3.8) is 0 Å².